The smallest absolute Gasteiger partial charge is 0.305 e. The van der Waals surface area contributed by atoms with Gasteiger partial charge in [0, 0.05) is 12.8 Å². The van der Waals surface area contributed by atoms with E-state index in [-0.39, 0.29) is 18.5 Å². The standard InChI is InChI=1S/C85H163NO10/c1-3-5-7-9-11-13-15-16-17-18-43-46-49-53-57-61-65-69-73-81(90)94-74-70-66-62-58-54-50-47-44-41-39-37-35-33-31-29-27-25-23-21-19-20-22-24-26-28-30-32-34-36-38-40-42-45-48-52-56-60-64-68-72-80(89)86-77(76-95-85-84(93)83(92)82(91)79(75-87)96-85)78(88)71-67-63-59-55-51-14-12-10-8-6-4-2/h51,55,67,71,77-79,82-85,87-88,91-93H,3-50,52-54,56-66,68-70,72-76H2,1-2H3,(H,86,89)/b55-51+,71-67+. The molecule has 0 bridgehead atoms. The van der Waals surface area contributed by atoms with E-state index in [0.717, 1.165) is 51.4 Å². The van der Waals surface area contributed by atoms with Crippen LogP contribution in [0, 0.1) is 0 Å². The summed E-state index contributed by atoms with van der Waals surface area (Å²) in [4.78, 5) is 25.2. The average molecular weight is 1360 g/mol. The highest BCUT2D eigenvalue weighted by Gasteiger charge is 2.44. The number of rotatable bonds is 77. The van der Waals surface area contributed by atoms with E-state index in [4.69, 9.17) is 14.2 Å². The lowest BCUT2D eigenvalue weighted by atomic mass is 9.99. The van der Waals surface area contributed by atoms with Crippen LogP contribution in [0.25, 0.3) is 0 Å². The summed E-state index contributed by atoms with van der Waals surface area (Å²) in [6.07, 6.45) is 86.9. The van der Waals surface area contributed by atoms with E-state index in [0.29, 0.717) is 19.4 Å². The lowest BCUT2D eigenvalue weighted by Crippen LogP contribution is -2.60. The van der Waals surface area contributed by atoms with Gasteiger partial charge in [-0.15, -0.1) is 0 Å². The third kappa shape index (κ3) is 62.0. The predicted molar refractivity (Wildman–Crippen MR) is 408 cm³/mol. The van der Waals surface area contributed by atoms with Gasteiger partial charge in [0.25, 0.3) is 0 Å². The predicted octanol–water partition coefficient (Wildman–Crippen LogP) is 23.5. The Morgan fingerprint density at radius 1 is 0.375 bits per heavy atom. The Morgan fingerprint density at radius 2 is 0.677 bits per heavy atom. The normalized spacial score (nSPS) is 17.3. The first kappa shape index (κ1) is 92.2. The molecule has 96 heavy (non-hydrogen) atoms. The number of allylic oxidation sites excluding steroid dienone is 3. The first-order valence-electron chi connectivity index (χ1n) is 42.6. The Labute approximate surface area is 594 Å². The summed E-state index contributed by atoms with van der Waals surface area (Å²) in [5, 5.41) is 54.5. The molecule has 7 atom stereocenters. The van der Waals surface area contributed by atoms with Gasteiger partial charge in [0.15, 0.2) is 6.29 Å². The summed E-state index contributed by atoms with van der Waals surface area (Å²) in [6.45, 7) is 4.37. The number of aliphatic hydroxyl groups excluding tert-OH is 5. The highest BCUT2D eigenvalue weighted by atomic mass is 16.7. The van der Waals surface area contributed by atoms with Crippen LogP contribution in [0.1, 0.15) is 444 Å². The molecule has 0 aromatic carbocycles. The molecule has 1 saturated heterocycles. The lowest BCUT2D eigenvalue weighted by molar-refractivity contribution is -0.302. The summed E-state index contributed by atoms with van der Waals surface area (Å²) in [7, 11) is 0. The topological polar surface area (TPSA) is 175 Å². The van der Waals surface area contributed by atoms with Crippen molar-refractivity contribution in [3.63, 3.8) is 0 Å². The zero-order valence-electron chi connectivity index (χ0n) is 63.6. The maximum atomic E-state index is 13.1. The van der Waals surface area contributed by atoms with Gasteiger partial charge in [0.05, 0.1) is 32.0 Å². The molecule has 11 nitrogen and oxygen atoms in total. The van der Waals surface area contributed by atoms with Gasteiger partial charge >= 0.3 is 5.97 Å². The van der Waals surface area contributed by atoms with Gasteiger partial charge in [-0.2, -0.15) is 0 Å². The first-order valence-corrected chi connectivity index (χ1v) is 42.6. The Balaban J connectivity index is 1.83. The number of unbranched alkanes of at least 4 members (excludes halogenated alkanes) is 61. The fraction of sp³-hybridized carbons (Fsp3) is 0.929. The summed E-state index contributed by atoms with van der Waals surface area (Å²) in [5.41, 5.74) is 0. The molecule has 7 unspecified atom stereocenters. The van der Waals surface area contributed by atoms with Crippen LogP contribution in [-0.4, -0.2) is 100 Å². The quantitative estimate of drug-likeness (QED) is 0.0195. The van der Waals surface area contributed by atoms with Gasteiger partial charge in [0.1, 0.15) is 24.4 Å². The van der Waals surface area contributed by atoms with Gasteiger partial charge in [-0.3, -0.25) is 9.59 Å². The maximum Gasteiger partial charge on any atom is 0.305 e. The number of ether oxygens (including phenoxy) is 3. The summed E-state index contributed by atoms with van der Waals surface area (Å²) < 4.78 is 16.8. The van der Waals surface area contributed by atoms with E-state index in [9.17, 15) is 35.1 Å². The van der Waals surface area contributed by atoms with Crippen LogP contribution in [0.2, 0.25) is 0 Å². The van der Waals surface area contributed by atoms with Crippen LogP contribution in [0.15, 0.2) is 24.3 Å². The van der Waals surface area contributed by atoms with Gasteiger partial charge in [-0.05, 0) is 44.9 Å². The van der Waals surface area contributed by atoms with Crippen molar-refractivity contribution in [2.24, 2.45) is 0 Å². The number of aliphatic hydroxyl groups is 5. The molecular formula is C85H163NO10. The minimum Gasteiger partial charge on any atom is -0.466 e. The Hall–Kier alpha value is -1.86. The van der Waals surface area contributed by atoms with Gasteiger partial charge in [-0.25, -0.2) is 0 Å². The zero-order chi connectivity index (χ0) is 69.4. The number of hydrogen-bond acceptors (Lipinski definition) is 10. The fourth-order valence-electron chi connectivity index (χ4n) is 13.9. The molecule has 1 rings (SSSR count). The third-order valence-corrected chi connectivity index (χ3v) is 20.6. The van der Waals surface area contributed by atoms with Crippen LogP contribution in [0.4, 0.5) is 0 Å². The van der Waals surface area contributed by atoms with E-state index in [1.54, 1.807) is 6.08 Å². The number of esters is 1. The molecule has 0 spiro atoms. The van der Waals surface area contributed by atoms with E-state index in [1.807, 2.05) is 6.08 Å². The minimum atomic E-state index is -1.57. The molecule has 568 valence electrons. The van der Waals surface area contributed by atoms with Crippen LogP contribution in [0.5, 0.6) is 0 Å². The maximum absolute atomic E-state index is 13.1. The number of carbonyl (C=O) groups is 2. The van der Waals surface area contributed by atoms with Crippen molar-refractivity contribution in [1.29, 1.82) is 0 Å². The first-order chi connectivity index (χ1) is 47.2. The molecule has 0 saturated carbocycles. The average Bonchev–Trinajstić information content (AvgIpc) is 0.855. The number of nitrogens with one attached hydrogen (secondary N) is 1. The van der Waals surface area contributed by atoms with Crippen molar-refractivity contribution >= 4 is 11.9 Å². The van der Waals surface area contributed by atoms with Crippen molar-refractivity contribution in [3.05, 3.63) is 24.3 Å². The summed E-state index contributed by atoms with van der Waals surface area (Å²) in [5.74, 6) is -0.161. The SMILES string of the molecule is CCCCCCC/C=C/CC/C=C/C(O)C(COC1OC(CO)C(O)C(O)C1O)NC(=O)CCCCCCCCCCCCCCCCCCCCCCCCCCCCCCCCCCCCCCCCCOC(=O)CCCCCCCCCCCCCCCCCCCC. The largest absolute Gasteiger partial charge is 0.466 e. The Morgan fingerprint density at radius 3 is 1.03 bits per heavy atom. The molecular weight excluding hydrogens is 1190 g/mol. The lowest BCUT2D eigenvalue weighted by Gasteiger charge is -2.40. The molecule has 1 amide bonds. The van der Waals surface area contributed by atoms with Crippen molar-refractivity contribution in [1.82, 2.24) is 5.32 Å². The molecule has 11 heteroatoms. The van der Waals surface area contributed by atoms with Crippen molar-refractivity contribution in [3.8, 4) is 0 Å². The molecule has 0 radical (unpaired) electrons. The third-order valence-electron chi connectivity index (χ3n) is 20.6. The zero-order valence-corrected chi connectivity index (χ0v) is 63.6. The summed E-state index contributed by atoms with van der Waals surface area (Å²) >= 11 is 0. The molecule has 1 aliphatic rings. The van der Waals surface area contributed by atoms with Crippen LogP contribution in [-0.2, 0) is 23.8 Å². The van der Waals surface area contributed by atoms with E-state index < -0.39 is 49.5 Å². The monoisotopic (exact) mass is 1360 g/mol. The molecule has 0 aliphatic carbocycles. The second-order valence-corrected chi connectivity index (χ2v) is 29.9. The number of hydrogen-bond donors (Lipinski definition) is 6. The number of carbonyl (C=O) groups excluding carboxylic acids is 2. The van der Waals surface area contributed by atoms with E-state index >= 15 is 0 Å². The van der Waals surface area contributed by atoms with Crippen molar-refractivity contribution in [2.75, 3.05) is 19.8 Å². The van der Waals surface area contributed by atoms with Crippen LogP contribution in [0.3, 0.4) is 0 Å². The summed E-state index contributed by atoms with van der Waals surface area (Å²) in [6, 6.07) is -0.822. The second-order valence-electron chi connectivity index (χ2n) is 29.9. The van der Waals surface area contributed by atoms with Crippen LogP contribution < -0.4 is 5.32 Å². The van der Waals surface area contributed by atoms with E-state index in [2.05, 4.69) is 31.3 Å². The van der Waals surface area contributed by atoms with Gasteiger partial charge in [-0.1, -0.05) is 411 Å². The molecule has 1 aliphatic heterocycles. The van der Waals surface area contributed by atoms with Gasteiger partial charge in [0.2, 0.25) is 5.91 Å². The van der Waals surface area contributed by atoms with E-state index in [1.165, 1.54) is 366 Å². The molecule has 1 fully saturated rings. The van der Waals surface area contributed by atoms with Gasteiger partial charge < -0.3 is 45.1 Å². The molecule has 0 aromatic heterocycles. The molecule has 0 aromatic rings. The second kappa shape index (κ2) is 74.3. The minimum absolute atomic E-state index is 0.0237. The van der Waals surface area contributed by atoms with Crippen molar-refractivity contribution in [2.45, 2.75) is 487 Å². The highest BCUT2D eigenvalue weighted by Crippen LogP contribution is 2.24. The Bertz CT molecular complexity index is 1640. The Kier molecular flexibility index (Phi) is 71.4. The molecule has 6 N–H and O–H groups in total. The number of amides is 1. The molecule has 1 heterocycles. The fourth-order valence-corrected chi connectivity index (χ4v) is 13.9. The van der Waals surface area contributed by atoms with Crippen molar-refractivity contribution < 1.29 is 49.3 Å². The van der Waals surface area contributed by atoms with Crippen LogP contribution >= 0.6 is 0 Å². The highest BCUT2D eigenvalue weighted by molar-refractivity contribution is 5.76.